The largest absolute Gasteiger partial charge is 0.369 e. The van der Waals surface area contributed by atoms with Gasteiger partial charge in [0.05, 0.1) is 5.69 Å². The Morgan fingerprint density at radius 3 is 2.63 bits per heavy atom. The van der Waals surface area contributed by atoms with Gasteiger partial charge in [-0.05, 0) is 37.5 Å². The number of anilines is 2. The van der Waals surface area contributed by atoms with Crippen LogP contribution in [0.15, 0.2) is 29.2 Å². The highest BCUT2D eigenvalue weighted by molar-refractivity contribution is 8.00. The molecule has 1 atom stereocenters. The minimum absolute atomic E-state index is 0.105. The number of nitrogens with zero attached hydrogens (tertiary/aromatic N) is 4. The molecule has 0 aliphatic carbocycles. The maximum Gasteiger partial charge on any atom is 0.214 e. The van der Waals surface area contributed by atoms with Crippen molar-refractivity contribution in [2.45, 2.75) is 17.4 Å². The third-order valence-corrected chi connectivity index (χ3v) is 6.88. The fraction of sp³-hybridized carbons (Fsp3) is 0.450. The van der Waals surface area contributed by atoms with E-state index in [1.54, 1.807) is 0 Å². The highest BCUT2D eigenvalue weighted by Crippen LogP contribution is 2.38. The van der Waals surface area contributed by atoms with Gasteiger partial charge in [0.25, 0.3) is 0 Å². The van der Waals surface area contributed by atoms with E-state index in [4.69, 9.17) is 11.6 Å². The quantitative estimate of drug-likeness (QED) is 0.414. The lowest BCUT2D eigenvalue weighted by atomic mass is 10.2. The smallest absolute Gasteiger partial charge is 0.214 e. The fourth-order valence-corrected chi connectivity index (χ4v) is 4.90. The summed E-state index contributed by atoms with van der Waals surface area (Å²) in [4.78, 5) is 10.0. The van der Waals surface area contributed by atoms with E-state index in [1.165, 1.54) is 24.3 Å². The number of pyridine rings is 1. The Labute approximate surface area is 183 Å². The number of rotatable bonds is 5. The van der Waals surface area contributed by atoms with Crippen LogP contribution in [0.2, 0.25) is 5.02 Å². The third-order valence-electron chi connectivity index (χ3n) is 5.63. The van der Waals surface area contributed by atoms with Crippen LogP contribution in [0.25, 0.3) is 0 Å². The molecule has 5 nitrogen and oxygen atoms in total. The molecule has 0 amide bonds. The van der Waals surface area contributed by atoms with Crippen molar-refractivity contribution in [2.75, 3.05) is 55.9 Å². The highest BCUT2D eigenvalue weighted by atomic mass is 35.5. The molecule has 2 saturated heterocycles. The Kier molecular flexibility index (Phi) is 6.62. The average molecular weight is 458 g/mol. The molecule has 1 aromatic carbocycles. The second-order valence-electron chi connectivity index (χ2n) is 7.61. The van der Waals surface area contributed by atoms with Crippen LogP contribution in [0.5, 0.6) is 0 Å². The molecule has 0 spiro atoms. The van der Waals surface area contributed by atoms with Gasteiger partial charge in [-0.3, -0.25) is 4.90 Å². The average Bonchev–Trinajstić information content (AvgIpc) is 3.21. The van der Waals surface area contributed by atoms with Gasteiger partial charge in [-0.2, -0.15) is 4.39 Å². The van der Waals surface area contributed by atoms with Crippen molar-refractivity contribution in [1.82, 2.24) is 14.8 Å². The summed E-state index contributed by atoms with van der Waals surface area (Å²) in [5.41, 5.74) is 0.372. The Morgan fingerprint density at radius 2 is 1.90 bits per heavy atom. The summed E-state index contributed by atoms with van der Waals surface area (Å²) in [5.74, 6) is -2.07. The first-order valence-electron chi connectivity index (χ1n) is 9.83. The van der Waals surface area contributed by atoms with Gasteiger partial charge in [0.1, 0.15) is 21.6 Å². The molecule has 0 radical (unpaired) electrons. The van der Waals surface area contributed by atoms with Crippen LogP contribution in [0.3, 0.4) is 0 Å². The van der Waals surface area contributed by atoms with Crippen molar-refractivity contribution in [2.24, 2.45) is 0 Å². The lowest BCUT2D eigenvalue weighted by molar-refractivity contribution is 0.120. The zero-order valence-corrected chi connectivity index (χ0v) is 18.1. The molecule has 0 saturated carbocycles. The summed E-state index contributed by atoms with van der Waals surface area (Å²) in [6, 6.07) is 5.79. The monoisotopic (exact) mass is 457 g/mol. The van der Waals surface area contributed by atoms with Crippen molar-refractivity contribution in [3.8, 4) is 0 Å². The molecular weight excluding hydrogens is 435 g/mol. The van der Waals surface area contributed by atoms with Crippen molar-refractivity contribution in [3.05, 3.63) is 46.9 Å². The molecule has 4 rings (SSSR count). The lowest BCUT2D eigenvalue weighted by Gasteiger charge is -2.36. The number of likely N-dealkylation sites (N-methyl/N-ethyl adjacent to an activating group) is 1. The van der Waals surface area contributed by atoms with Gasteiger partial charge in [0.2, 0.25) is 5.95 Å². The normalized spacial score (nSPS) is 20.7. The molecule has 0 bridgehead atoms. The minimum atomic E-state index is -0.830. The molecule has 2 aliphatic heterocycles. The Morgan fingerprint density at radius 1 is 1.13 bits per heavy atom. The summed E-state index contributed by atoms with van der Waals surface area (Å²) in [6.07, 6.45) is 0.937. The SMILES string of the molecule is CN1CCN(C2CCN(c3cc(F)c(SNc4cccc(F)n4)c(F)c3Cl)C2)CC1. The molecule has 2 aliphatic rings. The molecule has 162 valence electrons. The van der Waals surface area contributed by atoms with Gasteiger partial charge < -0.3 is 14.5 Å². The van der Waals surface area contributed by atoms with Crippen molar-refractivity contribution >= 4 is 35.1 Å². The van der Waals surface area contributed by atoms with Crippen LogP contribution in [0, 0.1) is 17.6 Å². The minimum Gasteiger partial charge on any atom is -0.369 e. The first-order chi connectivity index (χ1) is 14.4. The van der Waals surface area contributed by atoms with Crippen LogP contribution in [0.4, 0.5) is 24.7 Å². The fourth-order valence-electron chi connectivity index (χ4n) is 3.90. The molecule has 1 unspecified atom stereocenters. The van der Waals surface area contributed by atoms with Gasteiger partial charge in [-0.1, -0.05) is 17.7 Å². The molecular formula is C20H23ClF3N5S. The first-order valence-corrected chi connectivity index (χ1v) is 11.0. The highest BCUT2D eigenvalue weighted by Gasteiger charge is 2.32. The predicted octanol–water partition coefficient (Wildman–Crippen LogP) is 4.10. The second-order valence-corrected chi connectivity index (χ2v) is 8.81. The van der Waals surface area contributed by atoms with E-state index < -0.39 is 17.6 Å². The van der Waals surface area contributed by atoms with E-state index in [-0.39, 0.29) is 15.7 Å². The van der Waals surface area contributed by atoms with Gasteiger partial charge in [0, 0.05) is 51.4 Å². The van der Waals surface area contributed by atoms with E-state index in [0.29, 0.717) is 36.8 Å². The molecule has 2 aromatic rings. The predicted molar refractivity (Wildman–Crippen MR) is 115 cm³/mol. The summed E-state index contributed by atoms with van der Waals surface area (Å²) >= 11 is 6.97. The standard InChI is InChI=1S/C20H23ClF3N5S/c1-27-7-9-28(10-8-27)13-5-6-29(12-13)15-11-14(22)20(19(24)18(15)21)30-26-17-4-2-3-16(23)25-17/h2-4,11,13H,5-10,12H2,1H3,(H,25,26). The summed E-state index contributed by atoms with van der Waals surface area (Å²) < 4.78 is 45.4. The Bertz CT molecular complexity index is 910. The molecule has 1 aromatic heterocycles. The number of aromatic nitrogens is 1. The summed E-state index contributed by atoms with van der Waals surface area (Å²) in [5, 5.41) is -0.105. The van der Waals surface area contributed by atoms with Gasteiger partial charge in [0.15, 0.2) is 5.82 Å². The first kappa shape index (κ1) is 21.5. The van der Waals surface area contributed by atoms with E-state index in [2.05, 4.69) is 26.6 Å². The van der Waals surface area contributed by atoms with E-state index >= 15 is 0 Å². The zero-order chi connectivity index (χ0) is 21.3. The molecule has 30 heavy (non-hydrogen) atoms. The number of nitrogens with one attached hydrogen (secondary N) is 1. The number of piperazine rings is 1. The Hall–Kier alpha value is -1.68. The van der Waals surface area contributed by atoms with Crippen molar-refractivity contribution in [3.63, 3.8) is 0 Å². The van der Waals surface area contributed by atoms with E-state index in [9.17, 15) is 13.2 Å². The second kappa shape index (κ2) is 9.21. The molecule has 10 heteroatoms. The van der Waals surface area contributed by atoms with Gasteiger partial charge in [-0.15, -0.1) is 0 Å². The maximum atomic E-state index is 14.9. The molecule has 3 heterocycles. The molecule has 1 N–H and O–H groups in total. The lowest BCUT2D eigenvalue weighted by Crippen LogP contribution is -2.49. The van der Waals surface area contributed by atoms with Crippen LogP contribution < -0.4 is 9.62 Å². The summed E-state index contributed by atoms with van der Waals surface area (Å²) in [7, 11) is 2.11. The van der Waals surface area contributed by atoms with Gasteiger partial charge >= 0.3 is 0 Å². The number of hydrogen-bond acceptors (Lipinski definition) is 6. The van der Waals surface area contributed by atoms with Crippen LogP contribution >= 0.6 is 23.5 Å². The topological polar surface area (TPSA) is 34.6 Å². The maximum absolute atomic E-state index is 14.9. The van der Waals surface area contributed by atoms with Crippen molar-refractivity contribution < 1.29 is 13.2 Å². The van der Waals surface area contributed by atoms with Crippen LogP contribution in [-0.2, 0) is 0 Å². The van der Waals surface area contributed by atoms with E-state index in [1.807, 2.05) is 4.90 Å². The number of benzene rings is 1. The third kappa shape index (κ3) is 4.64. The van der Waals surface area contributed by atoms with Crippen molar-refractivity contribution in [1.29, 1.82) is 0 Å². The Balaban J connectivity index is 1.46. The van der Waals surface area contributed by atoms with Crippen LogP contribution in [-0.4, -0.2) is 67.1 Å². The van der Waals surface area contributed by atoms with Crippen LogP contribution in [0.1, 0.15) is 6.42 Å². The number of hydrogen-bond donors (Lipinski definition) is 1. The van der Waals surface area contributed by atoms with Gasteiger partial charge in [-0.25, -0.2) is 13.8 Å². The molecule has 2 fully saturated rings. The zero-order valence-electron chi connectivity index (χ0n) is 16.5. The van der Waals surface area contributed by atoms with E-state index in [0.717, 1.165) is 32.6 Å². The summed E-state index contributed by atoms with van der Waals surface area (Å²) in [6.45, 7) is 5.45. The number of halogens is 4.